The molecule has 0 aromatic heterocycles. The van der Waals surface area contributed by atoms with Gasteiger partial charge in [0.05, 0.1) is 39.9 Å². The van der Waals surface area contributed by atoms with Crippen molar-refractivity contribution in [1.82, 2.24) is 5.32 Å². The molecule has 2 N–H and O–H groups in total. The Labute approximate surface area is 386 Å². The lowest BCUT2D eigenvalue weighted by atomic mass is 10.0. The van der Waals surface area contributed by atoms with Gasteiger partial charge in [0.1, 0.15) is 13.2 Å². The molecular formula is C54H91N2O6P. The Bertz CT molecular complexity index is 1430. The van der Waals surface area contributed by atoms with Gasteiger partial charge in [-0.15, -0.1) is 0 Å². The first-order valence-corrected chi connectivity index (χ1v) is 25.8. The highest BCUT2D eigenvalue weighted by Gasteiger charge is 2.24. The number of phosphoric acid groups is 1. The molecule has 0 aliphatic carbocycles. The molecule has 0 radical (unpaired) electrons. The van der Waals surface area contributed by atoms with E-state index in [9.17, 15) is 19.4 Å². The van der Waals surface area contributed by atoms with Crippen LogP contribution in [0.3, 0.4) is 0 Å². The third-order valence-electron chi connectivity index (χ3n) is 9.96. The maximum Gasteiger partial charge on any atom is 0.268 e. The lowest BCUT2D eigenvalue weighted by Gasteiger charge is -2.30. The Hall–Kier alpha value is -3.10. The molecule has 0 saturated heterocycles. The van der Waals surface area contributed by atoms with Crippen molar-refractivity contribution < 1.29 is 32.9 Å². The molecule has 0 rings (SSSR count). The van der Waals surface area contributed by atoms with Gasteiger partial charge in [-0.1, -0.05) is 187 Å². The number of nitrogens with zero attached hydrogens (tertiary/aromatic N) is 1. The minimum Gasteiger partial charge on any atom is -0.756 e. The van der Waals surface area contributed by atoms with Crippen molar-refractivity contribution in [3.8, 4) is 0 Å². The second-order valence-electron chi connectivity index (χ2n) is 17.1. The van der Waals surface area contributed by atoms with Crippen LogP contribution < -0.4 is 10.2 Å². The Morgan fingerprint density at radius 3 is 1.40 bits per heavy atom. The topological polar surface area (TPSA) is 108 Å². The molecule has 63 heavy (non-hydrogen) atoms. The zero-order valence-electron chi connectivity index (χ0n) is 40.5. The van der Waals surface area contributed by atoms with Crippen molar-refractivity contribution in [1.29, 1.82) is 0 Å². The van der Waals surface area contributed by atoms with E-state index < -0.39 is 20.0 Å². The summed E-state index contributed by atoms with van der Waals surface area (Å²) >= 11 is 0. The van der Waals surface area contributed by atoms with Gasteiger partial charge in [0.25, 0.3) is 7.82 Å². The van der Waals surface area contributed by atoms with E-state index in [-0.39, 0.29) is 19.1 Å². The monoisotopic (exact) mass is 895 g/mol. The lowest BCUT2D eigenvalue weighted by molar-refractivity contribution is -0.870. The number of carbonyl (C=O) groups excluding carboxylic acids is 1. The lowest BCUT2D eigenvalue weighted by Crippen LogP contribution is -2.46. The average Bonchev–Trinajstić information content (AvgIpc) is 3.24. The standard InChI is InChI=1S/C54H91N2O6P/c1-6-8-10-12-13-14-15-16-17-18-19-20-21-22-23-24-25-26-27-28-29-30-31-32-33-34-35-36-37-38-39-40-41-42-43-44-46-48-54(58)55-52(53(57)47-45-11-9-7-2)51-62-63(59,60)61-50-49-56(3,4)5/h8,10,13-14,16-17,19-20,22-23,25-26,28-29,31-32,34-35,37-38,52-53,57H,6-7,9,11-12,15,18,21,24,27,30,33,36,39-51H2,1-5H3,(H-,55,58,59,60)/b10-8-,14-13-,17-16-,20-19-,23-22-,26-25-,29-28-,32-31-,35-34-,38-37-. The number of hydrogen-bond donors (Lipinski definition) is 2. The van der Waals surface area contributed by atoms with Gasteiger partial charge in [0, 0.05) is 6.42 Å². The van der Waals surface area contributed by atoms with E-state index in [1.54, 1.807) is 0 Å². The van der Waals surface area contributed by atoms with Crippen LogP contribution in [0.5, 0.6) is 0 Å². The molecule has 0 aromatic carbocycles. The van der Waals surface area contributed by atoms with Crippen LogP contribution in [0.15, 0.2) is 122 Å². The third-order valence-corrected chi connectivity index (χ3v) is 10.9. The van der Waals surface area contributed by atoms with E-state index in [1.165, 1.54) is 6.42 Å². The Balaban J connectivity index is 3.99. The number of hydrogen-bond acceptors (Lipinski definition) is 6. The quantitative estimate of drug-likeness (QED) is 0.0273. The SMILES string of the molecule is CC/C=C\C/C=C\C/C=C\C/C=C\C/C=C\C/C=C\C/C=C\C/C=C\C/C=C\C/C=C\CCCCCCCCC(=O)NC(COP(=O)([O-])OCC[N+](C)(C)C)C(O)CCCCCC. The van der Waals surface area contributed by atoms with E-state index in [2.05, 4.69) is 141 Å². The van der Waals surface area contributed by atoms with Gasteiger partial charge >= 0.3 is 0 Å². The summed E-state index contributed by atoms with van der Waals surface area (Å²) in [5, 5.41) is 13.6. The fourth-order valence-corrected chi connectivity index (χ4v) is 6.85. The number of aliphatic hydroxyl groups excluding tert-OH is 1. The maximum absolute atomic E-state index is 12.7. The second kappa shape index (κ2) is 44.1. The molecule has 358 valence electrons. The summed E-state index contributed by atoms with van der Waals surface area (Å²) in [7, 11) is 1.26. The minimum atomic E-state index is -4.56. The summed E-state index contributed by atoms with van der Waals surface area (Å²) in [5.74, 6) is -0.196. The first-order valence-electron chi connectivity index (χ1n) is 24.4. The molecule has 8 nitrogen and oxygen atoms in total. The molecule has 3 atom stereocenters. The third kappa shape index (κ3) is 46.7. The van der Waals surface area contributed by atoms with E-state index >= 15 is 0 Å². The number of allylic oxidation sites excluding steroid dienone is 20. The molecule has 9 heteroatoms. The van der Waals surface area contributed by atoms with Crippen LogP contribution in [0.1, 0.15) is 162 Å². The number of phosphoric ester groups is 1. The molecular weight excluding hydrogens is 804 g/mol. The fourth-order valence-electron chi connectivity index (χ4n) is 6.12. The van der Waals surface area contributed by atoms with Gasteiger partial charge < -0.3 is 28.8 Å². The van der Waals surface area contributed by atoms with Crippen LogP contribution in [0.2, 0.25) is 0 Å². The van der Waals surface area contributed by atoms with Crippen LogP contribution >= 0.6 is 7.82 Å². The van der Waals surface area contributed by atoms with Crippen LogP contribution in [-0.4, -0.2) is 68.5 Å². The summed E-state index contributed by atoms with van der Waals surface area (Å²) in [6.07, 6.45) is 65.8. The zero-order valence-corrected chi connectivity index (χ0v) is 41.4. The molecule has 0 aliphatic heterocycles. The number of amides is 1. The molecule has 0 aliphatic rings. The number of carbonyl (C=O) groups is 1. The van der Waals surface area contributed by atoms with Crippen molar-refractivity contribution >= 4 is 13.7 Å². The smallest absolute Gasteiger partial charge is 0.268 e. The Kier molecular flexibility index (Phi) is 41.9. The van der Waals surface area contributed by atoms with Gasteiger partial charge in [-0.2, -0.15) is 0 Å². The van der Waals surface area contributed by atoms with Gasteiger partial charge in [0.2, 0.25) is 5.91 Å². The predicted molar refractivity (Wildman–Crippen MR) is 269 cm³/mol. The zero-order chi connectivity index (χ0) is 46.4. The van der Waals surface area contributed by atoms with Gasteiger partial charge in [-0.3, -0.25) is 9.36 Å². The molecule has 0 heterocycles. The van der Waals surface area contributed by atoms with Crippen LogP contribution in [0, 0.1) is 0 Å². The highest BCUT2D eigenvalue weighted by molar-refractivity contribution is 7.45. The van der Waals surface area contributed by atoms with Crippen molar-refractivity contribution in [3.63, 3.8) is 0 Å². The summed E-state index contributed by atoms with van der Waals surface area (Å²) in [4.78, 5) is 25.1. The largest absolute Gasteiger partial charge is 0.756 e. The van der Waals surface area contributed by atoms with Gasteiger partial charge in [-0.05, 0) is 89.9 Å². The molecule has 0 fully saturated rings. The van der Waals surface area contributed by atoms with E-state index in [0.29, 0.717) is 23.9 Å². The van der Waals surface area contributed by atoms with E-state index in [1.807, 2.05) is 21.1 Å². The summed E-state index contributed by atoms with van der Waals surface area (Å²) in [6, 6.07) is -0.813. The summed E-state index contributed by atoms with van der Waals surface area (Å²) in [6.45, 7) is 4.43. The van der Waals surface area contributed by atoms with Crippen LogP contribution in [0.4, 0.5) is 0 Å². The molecule has 3 unspecified atom stereocenters. The fraction of sp³-hybridized carbons (Fsp3) is 0.611. The molecule has 1 amide bonds. The number of nitrogens with one attached hydrogen (secondary N) is 1. The van der Waals surface area contributed by atoms with Crippen LogP contribution in [0.25, 0.3) is 0 Å². The van der Waals surface area contributed by atoms with Crippen molar-refractivity contribution in [2.45, 2.75) is 174 Å². The number of likely N-dealkylation sites (N-methyl/N-ethyl adjacent to an activating group) is 1. The highest BCUT2D eigenvalue weighted by atomic mass is 31.2. The minimum absolute atomic E-state index is 0.000982. The Morgan fingerprint density at radius 1 is 0.571 bits per heavy atom. The van der Waals surface area contributed by atoms with Crippen molar-refractivity contribution in [2.24, 2.45) is 0 Å². The number of aliphatic hydroxyl groups is 1. The van der Waals surface area contributed by atoms with E-state index in [0.717, 1.165) is 128 Å². The van der Waals surface area contributed by atoms with Gasteiger partial charge in [-0.25, -0.2) is 0 Å². The first kappa shape index (κ1) is 59.9. The predicted octanol–water partition coefficient (Wildman–Crippen LogP) is 13.6. The molecule has 0 aromatic rings. The summed E-state index contributed by atoms with van der Waals surface area (Å²) < 4.78 is 23.0. The normalized spacial score (nSPS) is 15.2. The van der Waals surface area contributed by atoms with Crippen molar-refractivity contribution in [3.05, 3.63) is 122 Å². The maximum atomic E-state index is 12.7. The highest BCUT2D eigenvalue weighted by Crippen LogP contribution is 2.38. The van der Waals surface area contributed by atoms with Crippen molar-refractivity contribution in [2.75, 3.05) is 40.9 Å². The van der Waals surface area contributed by atoms with Gasteiger partial charge in [0.15, 0.2) is 0 Å². The first-order chi connectivity index (χ1) is 30.5. The van der Waals surface area contributed by atoms with E-state index in [4.69, 9.17) is 9.05 Å². The number of unbranched alkanes of at least 4 members (excludes halogenated alkanes) is 9. The molecule has 0 bridgehead atoms. The summed E-state index contributed by atoms with van der Waals surface area (Å²) in [5.41, 5.74) is 0. The molecule has 0 saturated carbocycles. The number of quaternary nitrogens is 1. The molecule has 0 spiro atoms. The number of rotatable bonds is 42. The Morgan fingerprint density at radius 2 is 0.968 bits per heavy atom. The average molecular weight is 895 g/mol. The second-order valence-corrected chi connectivity index (χ2v) is 18.5. The van der Waals surface area contributed by atoms with Crippen LogP contribution in [-0.2, 0) is 18.4 Å².